The highest BCUT2D eigenvalue weighted by atomic mass is 35.5. The fourth-order valence-corrected chi connectivity index (χ4v) is 8.17. The second-order valence-electron chi connectivity index (χ2n) is 16.1. The summed E-state index contributed by atoms with van der Waals surface area (Å²) in [5.74, 6) is 3.36. The number of ether oxygens (including phenoxy) is 2. The average Bonchev–Trinajstić information content (AvgIpc) is 3.67. The van der Waals surface area contributed by atoms with Gasteiger partial charge in [-0.25, -0.2) is 9.13 Å². The summed E-state index contributed by atoms with van der Waals surface area (Å²) in [5.41, 5.74) is 17.8. The highest BCUT2D eigenvalue weighted by Crippen LogP contribution is 2.31. The first kappa shape index (κ1) is 44.2. The normalized spacial score (nSPS) is 10.8. The molecule has 2 heterocycles. The lowest BCUT2D eigenvalue weighted by Gasteiger charge is -2.10. The standard InChI is InChI=1S/2C27H29N2O.ClH/c2*1-19-15-20(2)25(21(3)16-19)17-28-18-29(23(5)22(28)4)26-13-9-10-14-27(26)30-24-11-7-6-8-12-24;/h2*6-16,18H,17H2,1-5H3;1H/q2*+1;/p-1. The van der Waals surface area contributed by atoms with Gasteiger partial charge in [0.2, 0.25) is 12.7 Å². The van der Waals surface area contributed by atoms with Gasteiger partial charge in [0.05, 0.1) is 0 Å². The largest absolute Gasteiger partial charge is 1.00 e. The van der Waals surface area contributed by atoms with Gasteiger partial charge in [-0.2, -0.15) is 9.13 Å². The summed E-state index contributed by atoms with van der Waals surface area (Å²) >= 11 is 0. The monoisotopic (exact) mass is 829 g/mol. The first-order chi connectivity index (χ1) is 28.9. The van der Waals surface area contributed by atoms with E-state index in [-0.39, 0.29) is 12.4 Å². The van der Waals surface area contributed by atoms with E-state index in [1.165, 1.54) is 67.3 Å². The predicted octanol–water partition coefficient (Wildman–Crippen LogP) is 9.30. The Hall–Kier alpha value is -6.37. The predicted molar refractivity (Wildman–Crippen MR) is 243 cm³/mol. The Labute approximate surface area is 368 Å². The molecule has 0 N–H and O–H groups in total. The average molecular weight is 831 g/mol. The minimum Gasteiger partial charge on any atom is -1.00 e. The molecule has 7 heteroatoms. The molecule has 0 saturated heterocycles. The molecular formula is C54H58ClN4O2+. The molecule has 0 bridgehead atoms. The summed E-state index contributed by atoms with van der Waals surface area (Å²) in [6.07, 6.45) is 4.38. The van der Waals surface area contributed by atoms with Crippen LogP contribution < -0.4 is 31.0 Å². The van der Waals surface area contributed by atoms with Crippen molar-refractivity contribution in [1.82, 2.24) is 9.13 Å². The van der Waals surface area contributed by atoms with Gasteiger partial charge in [-0.3, -0.25) is 0 Å². The van der Waals surface area contributed by atoms with Crippen molar-refractivity contribution in [2.75, 3.05) is 0 Å². The second-order valence-corrected chi connectivity index (χ2v) is 16.1. The number of imidazole rings is 2. The Morgan fingerprint density at radius 1 is 0.410 bits per heavy atom. The van der Waals surface area contributed by atoms with Crippen LogP contribution in [0.15, 0.2) is 146 Å². The Balaban J connectivity index is 0.000000201. The van der Waals surface area contributed by atoms with Crippen LogP contribution in [0.3, 0.4) is 0 Å². The van der Waals surface area contributed by atoms with Crippen LogP contribution in [0.4, 0.5) is 0 Å². The van der Waals surface area contributed by atoms with Crippen molar-refractivity contribution in [3.05, 3.63) is 213 Å². The van der Waals surface area contributed by atoms with Gasteiger partial charge in [0.15, 0.2) is 22.9 Å². The number of rotatable bonds is 10. The maximum absolute atomic E-state index is 6.21. The zero-order valence-corrected chi connectivity index (χ0v) is 38.0. The Morgan fingerprint density at radius 3 is 1.07 bits per heavy atom. The molecule has 6 aromatic carbocycles. The van der Waals surface area contributed by atoms with E-state index in [2.05, 4.69) is 149 Å². The molecule has 0 saturated carbocycles. The van der Waals surface area contributed by atoms with E-state index in [4.69, 9.17) is 9.47 Å². The molecule has 0 spiro atoms. The number of halogens is 1. The van der Waals surface area contributed by atoms with E-state index >= 15 is 0 Å². The lowest BCUT2D eigenvalue weighted by Crippen LogP contribution is -3.00. The maximum atomic E-state index is 6.21. The van der Waals surface area contributed by atoms with Crippen LogP contribution in [-0.2, 0) is 13.1 Å². The van der Waals surface area contributed by atoms with Crippen molar-refractivity contribution in [3.8, 4) is 34.4 Å². The van der Waals surface area contributed by atoms with Gasteiger partial charge in [0.25, 0.3) is 0 Å². The fraction of sp³-hybridized carbons (Fsp3) is 0.222. The van der Waals surface area contributed by atoms with Gasteiger partial charge < -0.3 is 21.9 Å². The SMILES string of the molecule is Cc1cc(C)c(C[n+]2cn(-c3ccccc3Oc3ccccc3)c(C)c2C)c(C)c1.Cc1cc(C)c(C[n+]2cn(-c3ccccc3Oc3ccccc3)c(C)c2C)c(C)c1.[Cl-]. The summed E-state index contributed by atoms with van der Waals surface area (Å²) < 4.78 is 21.5. The van der Waals surface area contributed by atoms with Crippen molar-refractivity contribution in [2.45, 2.75) is 82.3 Å². The van der Waals surface area contributed by atoms with Gasteiger partial charge in [-0.15, -0.1) is 0 Å². The second kappa shape index (κ2) is 19.3. The fourth-order valence-electron chi connectivity index (χ4n) is 8.17. The zero-order valence-electron chi connectivity index (χ0n) is 37.3. The van der Waals surface area contributed by atoms with Crippen LogP contribution in [0.25, 0.3) is 11.4 Å². The quantitative estimate of drug-likeness (QED) is 0.129. The molecule has 8 aromatic rings. The van der Waals surface area contributed by atoms with E-state index < -0.39 is 0 Å². The molecule has 0 amide bonds. The zero-order chi connectivity index (χ0) is 42.5. The van der Waals surface area contributed by atoms with E-state index in [0.29, 0.717) is 0 Å². The molecule has 0 radical (unpaired) electrons. The number of hydrogen-bond donors (Lipinski definition) is 0. The van der Waals surface area contributed by atoms with E-state index in [9.17, 15) is 0 Å². The number of hydrogen-bond acceptors (Lipinski definition) is 2. The maximum Gasteiger partial charge on any atom is 0.249 e. The Morgan fingerprint density at radius 2 is 0.721 bits per heavy atom. The van der Waals surface area contributed by atoms with Crippen LogP contribution in [0.2, 0.25) is 0 Å². The first-order valence-electron chi connectivity index (χ1n) is 20.8. The molecule has 0 atom stereocenters. The Kier molecular flexibility index (Phi) is 14.0. The van der Waals surface area contributed by atoms with Crippen LogP contribution in [0.1, 0.15) is 67.3 Å². The molecular weight excluding hydrogens is 772 g/mol. The Bertz CT molecular complexity index is 2530. The number of aromatic nitrogens is 4. The number of para-hydroxylation sites is 6. The summed E-state index contributed by atoms with van der Waals surface area (Å²) in [7, 11) is 0. The van der Waals surface area contributed by atoms with Gasteiger partial charge in [-0.05, 0) is 123 Å². The lowest BCUT2D eigenvalue weighted by atomic mass is 10.00. The molecule has 0 aliphatic carbocycles. The number of benzene rings is 6. The molecule has 6 nitrogen and oxygen atoms in total. The molecule has 61 heavy (non-hydrogen) atoms. The van der Waals surface area contributed by atoms with Gasteiger partial charge in [0.1, 0.15) is 47.4 Å². The first-order valence-corrected chi connectivity index (χ1v) is 20.8. The number of aryl methyl sites for hydroxylation is 6. The molecule has 0 fully saturated rings. The van der Waals surface area contributed by atoms with Gasteiger partial charge in [-0.1, -0.05) is 96.1 Å². The third kappa shape index (κ3) is 9.99. The number of nitrogens with zero attached hydrogens (tertiary/aromatic N) is 4. The summed E-state index contributed by atoms with van der Waals surface area (Å²) in [4.78, 5) is 0. The molecule has 2 aromatic heterocycles. The minimum absolute atomic E-state index is 0. The van der Waals surface area contributed by atoms with Crippen molar-refractivity contribution in [1.29, 1.82) is 0 Å². The topological polar surface area (TPSA) is 36.1 Å². The third-order valence-electron chi connectivity index (χ3n) is 11.7. The van der Waals surface area contributed by atoms with Crippen LogP contribution >= 0.6 is 0 Å². The van der Waals surface area contributed by atoms with Crippen molar-refractivity contribution < 1.29 is 31.0 Å². The lowest BCUT2D eigenvalue weighted by molar-refractivity contribution is -0.693. The molecule has 312 valence electrons. The van der Waals surface area contributed by atoms with E-state index in [0.717, 1.165) is 47.5 Å². The molecule has 0 unspecified atom stereocenters. The molecule has 8 rings (SSSR count). The summed E-state index contributed by atoms with van der Waals surface area (Å²) in [6, 6.07) is 45.3. The summed E-state index contributed by atoms with van der Waals surface area (Å²) in [6.45, 7) is 23.6. The third-order valence-corrected chi connectivity index (χ3v) is 11.7. The van der Waals surface area contributed by atoms with Crippen LogP contribution in [0, 0.1) is 69.2 Å². The van der Waals surface area contributed by atoms with Gasteiger partial charge in [0, 0.05) is 27.7 Å². The smallest absolute Gasteiger partial charge is 0.249 e. The minimum atomic E-state index is 0. The van der Waals surface area contributed by atoms with Crippen LogP contribution in [-0.4, -0.2) is 9.13 Å². The van der Waals surface area contributed by atoms with E-state index in [1.807, 2.05) is 84.9 Å². The van der Waals surface area contributed by atoms with Crippen molar-refractivity contribution in [3.63, 3.8) is 0 Å². The van der Waals surface area contributed by atoms with E-state index in [1.54, 1.807) is 0 Å². The van der Waals surface area contributed by atoms with Crippen LogP contribution in [0.5, 0.6) is 23.0 Å². The molecule has 0 aliphatic rings. The van der Waals surface area contributed by atoms with Crippen molar-refractivity contribution in [2.24, 2.45) is 0 Å². The summed E-state index contributed by atoms with van der Waals surface area (Å²) in [5, 5.41) is 0. The highest BCUT2D eigenvalue weighted by molar-refractivity contribution is 5.51. The van der Waals surface area contributed by atoms with Gasteiger partial charge >= 0.3 is 0 Å². The van der Waals surface area contributed by atoms with Crippen molar-refractivity contribution >= 4 is 0 Å². The molecule has 0 aliphatic heterocycles. The highest BCUT2D eigenvalue weighted by Gasteiger charge is 2.24.